The summed E-state index contributed by atoms with van der Waals surface area (Å²) >= 11 is 0. The third-order valence-corrected chi connectivity index (χ3v) is 6.56. The molecule has 2 aromatic rings. The van der Waals surface area contributed by atoms with Gasteiger partial charge >= 0.3 is 12.0 Å². The second kappa shape index (κ2) is 11.9. The van der Waals surface area contributed by atoms with Crippen LogP contribution in [0.1, 0.15) is 40.2 Å². The number of nitrogens with one attached hydrogen (secondary N) is 1. The van der Waals surface area contributed by atoms with Crippen molar-refractivity contribution in [2.24, 2.45) is 5.92 Å². The van der Waals surface area contributed by atoms with Gasteiger partial charge in [0.2, 0.25) is 5.78 Å². The van der Waals surface area contributed by atoms with Gasteiger partial charge in [0.05, 0.1) is 4.90 Å². The zero-order valence-corrected chi connectivity index (χ0v) is 21.9. The zero-order chi connectivity index (χ0) is 27.1. The van der Waals surface area contributed by atoms with E-state index in [9.17, 15) is 27.6 Å². The molecule has 1 unspecified atom stereocenters. The Morgan fingerprint density at radius 1 is 0.917 bits per heavy atom. The van der Waals surface area contributed by atoms with E-state index in [-0.39, 0.29) is 23.8 Å². The van der Waals surface area contributed by atoms with E-state index in [1.54, 1.807) is 71.0 Å². The molecule has 2 amide bonds. The summed E-state index contributed by atoms with van der Waals surface area (Å²) in [4.78, 5) is 51.6. The minimum atomic E-state index is -4.41. The summed E-state index contributed by atoms with van der Waals surface area (Å²) in [7, 11) is -4.41. The molecule has 0 aliphatic heterocycles. The normalized spacial score (nSPS) is 12.5. The van der Waals surface area contributed by atoms with Crippen LogP contribution in [0.5, 0.6) is 0 Å². The van der Waals surface area contributed by atoms with E-state index in [4.69, 9.17) is 4.74 Å². The first-order valence-electron chi connectivity index (χ1n) is 11.5. The maximum absolute atomic E-state index is 13.2. The third-order valence-electron chi connectivity index (χ3n) is 4.80. The van der Waals surface area contributed by atoms with Gasteiger partial charge in [0, 0.05) is 13.0 Å². The third kappa shape index (κ3) is 8.01. The molecular formula is C26H32N2O7S. The fraction of sp³-hybridized carbons (Fsp3) is 0.385. The van der Waals surface area contributed by atoms with Crippen molar-refractivity contribution in [3.05, 3.63) is 66.2 Å². The molecule has 9 nitrogen and oxygen atoms in total. The molecule has 2 aromatic carbocycles. The van der Waals surface area contributed by atoms with Crippen LogP contribution in [0.25, 0.3) is 0 Å². The topological polar surface area (TPSA) is 127 Å². The van der Waals surface area contributed by atoms with Crippen LogP contribution in [0.3, 0.4) is 0 Å². The van der Waals surface area contributed by atoms with Crippen molar-refractivity contribution in [3.8, 4) is 0 Å². The van der Waals surface area contributed by atoms with E-state index in [0.717, 1.165) is 0 Å². The lowest BCUT2D eigenvalue weighted by Gasteiger charge is -2.25. The van der Waals surface area contributed by atoms with Crippen LogP contribution in [0, 0.1) is 5.92 Å². The molecule has 0 bridgehead atoms. The Kier molecular flexibility index (Phi) is 9.52. The van der Waals surface area contributed by atoms with Crippen molar-refractivity contribution in [1.29, 1.82) is 0 Å². The van der Waals surface area contributed by atoms with Gasteiger partial charge in [-0.1, -0.05) is 62.4 Å². The summed E-state index contributed by atoms with van der Waals surface area (Å²) in [6.45, 7) is 7.94. The van der Waals surface area contributed by atoms with Crippen LogP contribution in [-0.2, 0) is 35.6 Å². The molecule has 0 fully saturated rings. The van der Waals surface area contributed by atoms with Crippen molar-refractivity contribution in [1.82, 2.24) is 9.62 Å². The molecule has 0 aliphatic rings. The second-order valence-electron chi connectivity index (χ2n) is 9.63. The highest BCUT2D eigenvalue weighted by atomic mass is 32.2. The molecule has 0 radical (unpaired) electrons. The van der Waals surface area contributed by atoms with Gasteiger partial charge in [0.25, 0.3) is 15.8 Å². The number of alkyl carbamates (subject to hydrolysis) is 1. The number of ketones is 2. The highest BCUT2D eigenvalue weighted by molar-refractivity contribution is 7.89. The number of ether oxygens (including phenoxy) is 1. The molecule has 1 atom stereocenters. The molecule has 194 valence electrons. The monoisotopic (exact) mass is 516 g/mol. The Morgan fingerprint density at radius 3 is 1.94 bits per heavy atom. The fourth-order valence-electron chi connectivity index (χ4n) is 3.23. The molecule has 0 aromatic heterocycles. The Labute approximate surface area is 211 Å². The van der Waals surface area contributed by atoms with Crippen molar-refractivity contribution >= 4 is 33.6 Å². The number of carbonyl (C=O) groups is 4. The Balaban J connectivity index is 2.38. The fourth-order valence-corrected chi connectivity index (χ4v) is 4.78. The van der Waals surface area contributed by atoms with Gasteiger partial charge in [-0.2, -0.15) is 0 Å². The van der Waals surface area contributed by atoms with Crippen LogP contribution >= 0.6 is 0 Å². The SMILES string of the molecule is CC(C)CN(C(=O)C(=O)C(=O)C(Cc1ccccc1)NC(=O)OC(C)(C)C)S(=O)(=O)c1ccccc1. The van der Waals surface area contributed by atoms with Crippen LogP contribution in [0.2, 0.25) is 0 Å². The van der Waals surface area contributed by atoms with E-state index in [1.165, 1.54) is 24.3 Å². The summed E-state index contributed by atoms with van der Waals surface area (Å²) in [6, 6.07) is 14.3. The van der Waals surface area contributed by atoms with E-state index in [0.29, 0.717) is 9.87 Å². The quantitative estimate of drug-likeness (QED) is 0.380. The van der Waals surface area contributed by atoms with Crippen LogP contribution in [0.15, 0.2) is 65.6 Å². The lowest BCUT2D eigenvalue weighted by Crippen LogP contribution is -2.52. The number of hydrogen-bond acceptors (Lipinski definition) is 7. The van der Waals surface area contributed by atoms with Gasteiger partial charge in [-0.15, -0.1) is 0 Å². The lowest BCUT2D eigenvalue weighted by molar-refractivity contribution is -0.148. The van der Waals surface area contributed by atoms with Crippen molar-refractivity contribution in [2.45, 2.75) is 57.6 Å². The molecule has 0 spiro atoms. The lowest BCUT2D eigenvalue weighted by atomic mass is 9.99. The van der Waals surface area contributed by atoms with E-state index < -0.39 is 45.2 Å². The Hall–Kier alpha value is -3.53. The molecule has 0 aliphatic carbocycles. The number of benzene rings is 2. The summed E-state index contributed by atoms with van der Waals surface area (Å²) in [5, 5.41) is 2.36. The maximum Gasteiger partial charge on any atom is 0.408 e. The predicted octanol–water partition coefficient (Wildman–Crippen LogP) is 3.13. The smallest absolute Gasteiger partial charge is 0.408 e. The molecular weight excluding hydrogens is 484 g/mol. The summed E-state index contributed by atoms with van der Waals surface area (Å²) in [5.41, 5.74) is -0.259. The number of Topliss-reactive ketones (excluding diaryl/α,β-unsaturated/α-hetero) is 2. The Bertz CT molecular complexity index is 1190. The largest absolute Gasteiger partial charge is 0.444 e. The predicted molar refractivity (Wildman–Crippen MR) is 133 cm³/mol. The summed E-state index contributed by atoms with van der Waals surface area (Å²) in [6.07, 6.45) is -1.05. The number of nitrogens with zero attached hydrogens (tertiary/aromatic N) is 1. The standard InChI is InChI=1S/C26H32N2O7S/c1-18(2)17-28(36(33,34)20-14-10-7-11-15-20)24(31)23(30)22(29)21(16-19-12-8-6-9-13-19)27-25(32)35-26(3,4)5/h6-15,18,21H,16-17H2,1-5H3,(H,27,32). The first-order chi connectivity index (χ1) is 16.7. The van der Waals surface area contributed by atoms with E-state index >= 15 is 0 Å². The van der Waals surface area contributed by atoms with Gasteiger partial charge < -0.3 is 10.1 Å². The molecule has 1 N–H and O–H groups in total. The van der Waals surface area contributed by atoms with Crippen molar-refractivity contribution < 1.29 is 32.3 Å². The average Bonchev–Trinajstić information content (AvgIpc) is 2.80. The van der Waals surface area contributed by atoms with Crippen molar-refractivity contribution in [2.75, 3.05) is 6.54 Å². The van der Waals surface area contributed by atoms with Crippen LogP contribution in [0.4, 0.5) is 4.79 Å². The Morgan fingerprint density at radius 2 is 1.44 bits per heavy atom. The minimum absolute atomic E-state index is 0.104. The molecule has 10 heteroatoms. The first-order valence-corrected chi connectivity index (χ1v) is 12.9. The zero-order valence-electron chi connectivity index (χ0n) is 21.1. The second-order valence-corrected chi connectivity index (χ2v) is 11.5. The summed E-state index contributed by atoms with van der Waals surface area (Å²) < 4.78 is 32.0. The van der Waals surface area contributed by atoms with Gasteiger partial charge in [-0.25, -0.2) is 17.5 Å². The first kappa shape index (κ1) is 28.7. The van der Waals surface area contributed by atoms with E-state index in [1.807, 2.05) is 0 Å². The van der Waals surface area contributed by atoms with Gasteiger partial charge in [0.1, 0.15) is 11.6 Å². The number of hydrogen-bond donors (Lipinski definition) is 1. The van der Waals surface area contributed by atoms with E-state index in [2.05, 4.69) is 5.32 Å². The number of rotatable bonds is 10. The maximum atomic E-state index is 13.2. The number of carbonyl (C=O) groups excluding carboxylic acids is 4. The number of amides is 2. The number of sulfonamides is 1. The molecule has 36 heavy (non-hydrogen) atoms. The van der Waals surface area contributed by atoms with Gasteiger partial charge in [-0.3, -0.25) is 14.4 Å². The van der Waals surface area contributed by atoms with Gasteiger partial charge in [0.15, 0.2) is 0 Å². The molecule has 2 rings (SSSR count). The average molecular weight is 517 g/mol. The highest BCUT2D eigenvalue weighted by Gasteiger charge is 2.39. The van der Waals surface area contributed by atoms with Crippen molar-refractivity contribution in [3.63, 3.8) is 0 Å². The molecule has 0 saturated carbocycles. The molecule has 0 heterocycles. The minimum Gasteiger partial charge on any atom is -0.444 e. The van der Waals surface area contributed by atoms with Crippen LogP contribution < -0.4 is 5.32 Å². The van der Waals surface area contributed by atoms with Crippen LogP contribution in [-0.4, -0.2) is 54.5 Å². The molecule has 0 saturated heterocycles. The summed E-state index contributed by atoms with van der Waals surface area (Å²) in [5.74, 6) is -4.60. The highest BCUT2D eigenvalue weighted by Crippen LogP contribution is 2.18. The van der Waals surface area contributed by atoms with Gasteiger partial charge in [-0.05, 0) is 44.4 Å².